The zero-order chi connectivity index (χ0) is 18.0. The highest BCUT2D eigenvalue weighted by atomic mass is 16.5. The van der Waals surface area contributed by atoms with Gasteiger partial charge in [0.15, 0.2) is 11.4 Å². The molecule has 2 aliphatic rings. The summed E-state index contributed by atoms with van der Waals surface area (Å²) in [6, 6.07) is 5.44. The Bertz CT molecular complexity index is 662. The fourth-order valence-corrected chi connectivity index (χ4v) is 3.50. The van der Waals surface area contributed by atoms with E-state index in [0.29, 0.717) is 12.2 Å². The molecule has 0 spiro atoms. The maximum Gasteiger partial charge on any atom is 0.263 e. The SMILES string of the molecule is CC(NC(=O)C(C)(C)Oc1ccc2c(c1)CCCC2=O)C1CCCO1. The van der Waals surface area contributed by atoms with Crippen LogP contribution in [0.1, 0.15) is 62.4 Å². The van der Waals surface area contributed by atoms with Gasteiger partial charge in [0, 0.05) is 18.6 Å². The monoisotopic (exact) mass is 345 g/mol. The molecular weight excluding hydrogens is 318 g/mol. The van der Waals surface area contributed by atoms with Crippen molar-refractivity contribution in [2.75, 3.05) is 6.61 Å². The van der Waals surface area contributed by atoms with Gasteiger partial charge in [-0.25, -0.2) is 0 Å². The lowest BCUT2D eigenvalue weighted by atomic mass is 9.90. The lowest BCUT2D eigenvalue weighted by Gasteiger charge is -2.29. The van der Waals surface area contributed by atoms with Gasteiger partial charge in [0.25, 0.3) is 5.91 Å². The van der Waals surface area contributed by atoms with Gasteiger partial charge in [-0.2, -0.15) is 0 Å². The van der Waals surface area contributed by atoms with Crippen LogP contribution in [0.3, 0.4) is 0 Å². The van der Waals surface area contributed by atoms with E-state index in [-0.39, 0.29) is 23.8 Å². The van der Waals surface area contributed by atoms with E-state index in [1.165, 1.54) is 0 Å². The van der Waals surface area contributed by atoms with Gasteiger partial charge in [0.05, 0.1) is 12.1 Å². The molecule has 1 fully saturated rings. The molecule has 0 bridgehead atoms. The van der Waals surface area contributed by atoms with E-state index in [0.717, 1.165) is 43.4 Å². The third kappa shape index (κ3) is 4.03. The number of hydrogen-bond donors (Lipinski definition) is 1. The predicted molar refractivity (Wildman–Crippen MR) is 95.0 cm³/mol. The highest BCUT2D eigenvalue weighted by Crippen LogP contribution is 2.27. The van der Waals surface area contributed by atoms with E-state index in [4.69, 9.17) is 9.47 Å². The molecule has 1 aromatic rings. The minimum absolute atomic E-state index is 0.0426. The molecule has 2 unspecified atom stereocenters. The minimum atomic E-state index is -1.00. The van der Waals surface area contributed by atoms with Gasteiger partial charge >= 0.3 is 0 Å². The van der Waals surface area contributed by atoms with Crippen molar-refractivity contribution in [2.45, 2.75) is 70.6 Å². The van der Waals surface area contributed by atoms with Crippen molar-refractivity contribution in [3.8, 4) is 5.75 Å². The Morgan fingerprint density at radius 1 is 1.32 bits per heavy atom. The number of Topliss-reactive ketones (excluding diaryl/α,β-unsaturated/α-hetero) is 1. The van der Waals surface area contributed by atoms with Crippen LogP contribution in [0.5, 0.6) is 5.75 Å². The quantitative estimate of drug-likeness (QED) is 0.891. The van der Waals surface area contributed by atoms with Crippen LogP contribution in [-0.4, -0.2) is 36.0 Å². The van der Waals surface area contributed by atoms with Crippen LogP contribution < -0.4 is 10.1 Å². The zero-order valence-electron chi connectivity index (χ0n) is 15.3. The van der Waals surface area contributed by atoms with Crippen LogP contribution >= 0.6 is 0 Å². The van der Waals surface area contributed by atoms with Gasteiger partial charge in [-0.3, -0.25) is 9.59 Å². The fourth-order valence-electron chi connectivity index (χ4n) is 3.50. The van der Waals surface area contributed by atoms with Gasteiger partial charge in [-0.05, 0) is 70.2 Å². The van der Waals surface area contributed by atoms with E-state index in [2.05, 4.69) is 5.32 Å². The van der Waals surface area contributed by atoms with Gasteiger partial charge in [0.1, 0.15) is 5.75 Å². The van der Waals surface area contributed by atoms with Crippen LogP contribution in [0, 0.1) is 0 Å². The van der Waals surface area contributed by atoms with Crippen molar-refractivity contribution in [3.05, 3.63) is 29.3 Å². The molecule has 1 heterocycles. The third-order valence-electron chi connectivity index (χ3n) is 5.03. The van der Waals surface area contributed by atoms with Crippen LogP contribution in [0.15, 0.2) is 18.2 Å². The predicted octanol–water partition coefficient (Wildman–Crippen LogP) is 3.05. The molecule has 1 amide bonds. The molecule has 0 radical (unpaired) electrons. The lowest BCUT2D eigenvalue weighted by molar-refractivity contribution is -0.135. The summed E-state index contributed by atoms with van der Waals surface area (Å²) in [6.45, 7) is 6.25. The fraction of sp³-hybridized carbons (Fsp3) is 0.600. The smallest absolute Gasteiger partial charge is 0.263 e. The minimum Gasteiger partial charge on any atom is -0.478 e. The van der Waals surface area contributed by atoms with Crippen molar-refractivity contribution in [1.29, 1.82) is 0 Å². The molecule has 5 nitrogen and oxygen atoms in total. The second-order valence-electron chi connectivity index (χ2n) is 7.52. The number of nitrogens with one attached hydrogen (secondary N) is 1. The van der Waals surface area contributed by atoms with Crippen LogP contribution in [0.4, 0.5) is 0 Å². The number of ketones is 1. The normalized spacial score (nSPS) is 21.6. The first-order valence-electron chi connectivity index (χ1n) is 9.14. The molecule has 0 aromatic heterocycles. The van der Waals surface area contributed by atoms with Crippen molar-refractivity contribution >= 4 is 11.7 Å². The summed E-state index contributed by atoms with van der Waals surface area (Å²) in [4.78, 5) is 24.6. The third-order valence-corrected chi connectivity index (χ3v) is 5.03. The number of ether oxygens (including phenoxy) is 2. The number of rotatable bonds is 5. The second-order valence-corrected chi connectivity index (χ2v) is 7.52. The average molecular weight is 345 g/mol. The number of benzene rings is 1. The number of fused-ring (bicyclic) bond motifs is 1. The number of amides is 1. The van der Waals surface area contributed by atoms with E-state index in [1.807, 2.05) is 19.1 Å². The molecular formula is C20H27NO4. The molecule has 1 aliphatic heterocycles. The highest BCUT2D eigenvalue weighted by Gasteiger charge is 2.33. The maximum atomic E-state index is 12.6. The largest absolute Gasteiger partial charge is 0.478 e. The molecule has 0 saturated carbocycles. The Labute approximate surface area is 149 Å². The Balaban J connectivity index is 1.66. The van der Waals surface area contributed by atoms with Gasteiger partial charge in [-0.15, -0.1) is 0 Å². The number of aryl methyl sites for hydroxylation is 1. The standard InChI is InChI=1S/C20H27NO4/c1-13(18-8-5-11-24-18)21-19(23)20(2,3)25-15-9-10-16-14(12-15)6-4-7-17(16)22/h9-10,12-13,18H,4-8,11H2,1-3H3,(H,21,23). The summed E-state index contributed by atoms with van der Waals surface area (Å²) in [5.74, 6) is 0.651. The summed E-state index contributed by atoms with van der Waals surface area (Å²) in [7, 11) is 0. The summed E-state index contributed by atoms with van der Waals surface area (Å²) >= 11 is 0. The zero-order valence-corrected chi connectivity index (χ0v) is 15.3. The van der Waals surface area contributed by atoms with Crippen molar-refractivity contribution in [3.63, 3.8) is 0 Å². The molecule has 1 N–H and O–H groups in total. The summed E-state index contributed by atoms with van der Waals surface area (Å²) in [6.07, 6.45) is 4.45. The van der Waals surface area contributed by atoms with Crippen LogP contribution in [-0.2, 0) is 16.0 Å². The average Bonchev–Trinajstić information content (AvgIpc) is 3.09. The van der Waals surface area contributed by atoms with Crippen LogP contribution in [0.25, 0.3) is 0 Å². The molecule has 1 aromatic carbocycles. The molecule has 3 rings (SSSR count). The summed E-state index contributed by atoms with van der Waals surface area (Å²) in [5.41, 5.74) is 0.797. The molecule has 1 aliphatic carbocycles. The molecule has 1 saturated heterocycles. The summed E-state index contributed by atoms with van der Waals surface area (Å²) < 4.78 is 11.6. The highest BCUT2D eigenvalue weighted by molar-refractivity contribution is 5.98. The van der Waals surface area contributed by atoms with Crippen molar-refractivity contribution < 1.29 is 19.1 Å². The van der Waals surface area contributed by atoms with E-state index in [1.54, 1.807) is 19.9 Å². The number of carbonyl (C=O) groups excluding carboxylic acids is 2. The Morgan fingerprint density at radius 2 is 2.12 bits per heavy atom. The number of hydrogen-bond acceptors (Lipinski definition) is 4. The van der Waals surface area contributed by atoms with Gasteiger partial charge in [-0.1, -0.05) is 0 Å². The molecule has 2 atom stereocenters. The Hall–Kier alpha value is -1.88. The maximum absolute atomic E-state index is 12.6. The van der Waals surface area contributed by atoms with Crippen LogP contribution in [0.2, 0.25) is 0 Å². The van der Waals surface area contributed by atoms with Crippen molar-refractivity contribution in [1.82, 2.24) is 5.32 Å². The first-order chi connectivity index (χ1) is 11.9. The van der Waals surface area contributed by atoms with E-state index in [9.17, 15) is 9.59 Å². The second kappa shape index (κ2) is 7.16. The Kier molecular flexibility index (Phi) is 5.13. The lowest BCUT2D eigenvalue weighted by Crippen LogP contribution is -2.52. The first kappa shape index (κ1) is 17.9. The topological polar surface area (TPSA) is 64.6 Å². The number of carbonyl (C=O) groups is 2. The molecule has 5 heteroatoms. The molecule has 136 valence electrons. The van der Waals surface area contributed by atoms with Gasteiger partial charge in [0.2, 0.25) is 0 Å². The van der Waals surface area contributed by atoms with Gasteiger partial charge < -0.3 is 14.8 Å². The van der Waals surface area contributed by atoms with Crippen molar-refractivity contribution in [2.24, 2.45) is 0 Å². The van der Waals surface area contributed by atoms with E-state index < -0.39 is 5.60 Å². The Morgan fingerprint density at radius 3 is 2.84 bits per heavy atom. The first-order valence-corrected chi connectivity index (χ1v) is 9.14. The molecule has 25 heavy (non-hydrogen) atoms. The summed E-state index contributed by atoms with van der Waals surface area (Å²) in [5, 5.41) is 3.01. The van der Waals surface area contributed by atoms with E-state index >= 15 is 0 Å².